The van der Waals surface area contributed by atoms with Crippen LogP contribution in [0.15, 0.2) is 30.5 Å². The highest BCUT2D eigenvalue weighted by atomic mass is 16.5. The van der Waals surface area contributed by atoms with Crippen LogP contribution in [0.2, 0.25) is 0 Å². The van der Waals surface area contributed by atoms with Crippen LogP contribution in [0.1, 0.15) is 55.5 Å². The topological polar surface area (TPSA) is 93.4 Å². The Balaban J connectivity index is 1.68. The number of nitrogens with zero attached hydrogens (tertiary/aromatic N) is 3. The highest BCUT2D eigenvalue weighted by Crippen LogP contribution is 2.30. The average molecular weight is 396 g/mol. The Hall–Kier alpha value is -2.67. The molecule has 29 heavy (non-hydrogen) atoms. The van der Waals surface area contributed by atoms with Crippen molar-refractivity contribution < 1.29 is 9.53 Å². The highest BCUT2D eigenvalue weighted by Gasteiger charge is 2.31. The molecule has 1 fully saturated rings. The van der Waals surface area contributed by atoms with Crippen LogP contribution < -0.4 is 20.7 Å². The fraction of sp³-hybridized carbons (Fsp3) is 0.500. The van der Waals surface area contributed by atoms with E-state index in [0.717, 1.165) is 43.4 Å². The summed E-state index contributed by atoms with van der Waals surface area (Å²) in [6, 6.07) is 8.02. The molecule has 1 aliphatic carbocycles. The van der Waals surface area contributed by atoms with Crippen molar-refractivity contribution in [3.8, 4) is 5.75 Å². The van der Waals surface area contributed by atoms with E-state index < -0.39 is 0 Å². The van der Waals surface area contributed by atoms with E-state index in [2.05, 4.69) is 15.3 Å². The van der Waals surface area contributed by atoms with E-state index in [-0.39, 0.29) is 24.0 Å². The maximum absolute atomic E-state index is 13.6. The van der Waals surface area contributed by atoms with Crippen molar-refractivity contribution in [3.63, 3.8) is 0 Å². The smallest absolute Gasteiger partial charge is 0.259 e. The van der Waals surface area contributed by atoms with Crippen LogP contribution in [0.25, 0.3) is 0 Å². The first-order valence-corrected chi connectivity index (χ1v) is 10.5. The number of anilines is 2. The van der Waals surface area contributed by atoms with Crippen molar-refractivity contribution in [1.82, 2.24) is 9.97 Å². The zero-order chi connectivity index (χ0) is 20.4. The third-order valence-corrected chi connectivity index (χ3v) is 5.57. The fourth-order valence-electron chi connectivity index (χ4n) is 4.09. The van der Waals surface area contributed by atoms with Crippen LogP contribution in [0, 0.1) is 0 Å². The first-order chi connectivity index (χ1) is 14.0. The van der Waals surface area contributed by atoms with Crippen LogP contribution >= 0.6 is 0 Å². The fourth-order valence-corrected chi connectivity index (χ4v) is 4.09. The van der Waals surface area contributed by atoms with Crippen LogP contribution in [-0.2, 0) is 6.42 Å². The number of nitrogens with two attached hydrogens (primary N) is 1. The lowest BCUT2D eigenvalue weighted by Crippen LogP contribution is -2.45. The summed E-state index contributed by atoms with van der Waals surface area (Å²) in [5.41, 5.74) is 7.87. The minimum atomic E-state index is -0.0330. The summed E-state index contributed by atoms with van der Waals surface area (Å²) in [7, 11) is 0. The number of hydrogen-bond acceptors (Lipinski definition) is 6. The molecule has 1 amide bonds. The van der Waals surface area contributed by atoms with Crippen molar-refractivity contribution in [2.45, 2.75) is 64.1 Å². The molecule has 1 aliphatic heterocycles. The number of ether oxygens (including phenoxy) is 1. The number of amides is 1. The Morgan fingerprint density at radius 1 is 1.24 bits per heavy atom. The molecule has 0 radical (unpaired) electrons. The summed E-state index contributed by atoms with van der Waals surface area (Å²) in [4.78, 5) is 24.4. The summed E-state index contributed by atoms with van der Waals surface area (Å²) >= 11 is 0. The number of nitrogens with one attached hydrogen (secondary N) is 1. The molecule has 4 rings (SSSR count). The maximum Gasteiger partial charge on any atom is 0.259 e. The van der Waals surface area contributed by atoms with E-state index in [1.807, 2.05) is 43.0 Å². The SMILES string of the molecule is CC(C)Nc1nccc(N(C(=O)c2ccc3c(c2)CCO3)C2CCC(N)CC2)n1. The van der Waals surface area contributed by atoms with Gasteiger partial charge in [-0.2, -0.15) is 4.98 Å². The lowest BCUT2D eigenvalue weighted by molar-refractivity contribution is 0.0968. The van der Waals surface area contributed by atoms with Gasteiger partial charge in [-0.1, -0.05) is 0 Å². The van der Waals surface area contributed by atoms with Gasteiger partial charge in [-0.15, -0.1) is 0 Å². The molecule has 7 nitrogen and oxygen atoms in total. The number of benzene rings is 1. The van der Waals surface area contributed by atoms with E-state index in [0.29, 0.717) is 23.9 Å². The predicted octanol–water partition coefficient (Wildman–Crippen LogP) is 3.15. The van der Waals surface area contributed by atoms with Gasteiger partial charge in [0.25, 0.3) is 5.91 Å². The molecule has 3 N–H and O–H groups in total. The van der Waals surface area contributed by atoms with Gasteiger partial charge >= 0.3 is 0 Å². The normalized spacial score (nSPS) is 20.8. The van der Waals surface area contributed by atoms with Gasteiger partial charge in [0.15, 0.2) is 0 Å². The van der Waals surface area contributed by atoms with Crippen molar-refractivity contribution in [2.75, 3.05) is 16.8 Å². The predicted molar refractivity (Wildman–Crippen MR) is 113 cm³/mol. The third-order valence-electron chi connectivity index (χ3n) is 5.57. The molecule has 154 valence electrons. The molecule has 7 heteroatoms. The molecule has 0 atom stereocenters. The molecular formula is C22H29N5O2. The van der Waals surface area contributed by atoms with E-state index >= 15 is 0 Å². The Labute approximate surface area is 171 Å². The standard InChI is InChI=1S/C22H29N5O2/c1-14(2)25-22-24-11-9-20(26-22)27(18-6-4-17(23)5-7-18)21(28)16-3-8-19-15(13-16)10-12-29-19/h3,8-9,11,13-14,17-18H,4-7,10,12,23H2,1-2H3,(H,24,25,26). The first-order valence-electron chi connectivity index (χ1n) is 10.5. The molecule has 0 spiro atoms. The number of fused-ring (bicyclic) bond motifs is 1. The number of aromatic nitrogens is 2. The van der Waals surface area contributed by atoms with Crippen molar-refractivity contribution in [1.29, 1.82) is 0 Å². The van der Waals surface area contributed by atoms with E-state index in [4.69, 9.17) is 10.5 Å². The van der Waals surface area contributed by atoms with Gasteiger partial charge in [0.1, 0.15) is 11.6 Å². The first kappa shape index (κ1) is 19.6. The summed E-state index contributed by atoms with van der Waals surface area (Å²) in [6.07, 6.45) is 6.11. The third kappa shape index (κ3) is 4.34. The Kier molecular flexibility index (Phi) is 5.67. The number of carbonyl (C=O) groups excluding carboxylic acids is 1. The molecule has 2 aliphatic rings. The summed E-state index contributed by atoms with van der Waals surface area (Å²) in [5.74, 6) is 2.01. The lowest BCUT2D eigenvalue weighted by Gasteiger charge is -2.35. The van der Waals surface area contributed by atoms with Crippen LogP contribution in [0.5, 0.6) is 5.75 Å². The van der Waals surface area contributed by atoms with Gasteiger partial charge in [-0.05, 0) is 69.4 Å². The molecule has 0 saturated heterocycles. The molecular weight excluding hydrogens is 366 g/mol. The molecule has 2 heterocycles. The molecule has 0 bridgehead atoms. The van der Waals surface area contributed by atoms with Gasteiger partial charge in [0.2, 0.25) is 5.95 Å². The zero-order valence-electron chi connectivity index (χ0n) is 17.1. The molecule has 2 aromatic rings. The molecule has 1 aromatic heterocycles. The zero-order valence-corrected chi connectivity index (χ0v) is 17.1. The Morgan fingerprint density at radius 2 is 2.03 bits per heavy atom. The summed E-state index contributed by atoms with van der Waals surface area (Å²) in [6.45, 7) is 4.75. The highest BCUT2D eigenvalue weighted by molar-refractivity contribution is 6.06. The number of carbonyl (C=O) groups is 1. The van der Waals surface area contributed by atoms with Crippen LogP contribution in [0.4, 0.5) is 11.8 Å². The average Bonchev–Trinajstić information content (AvgIpc) is 3.17. The molecule has 0 unspecified atom stereocenters. The van der Waals surface area contributed by atoms with E-state index in [9.17, 15) is 4.79 Å². The lowest BCUT2D eigenvalue weighted by atomic mass is 9.90. The summed E-state index contributed by atoms with van der Waals surface area (Å²) < 4.78 is 5.59. The monoisotopic (exact) mass is 395 g/mol. The largest absolute Gasteiger partial charge is 0.493 e. The Morgan fingerprint density at radius 3 is 2.79 bits per heavy atom. The quantitative estimate of drug-likeness (QED) is 0.808. The van der Waals surface area contributed by atoms with E-state index in [1.54, 1.807) is 6.20 Å². The van der Waals surface area contributed by atoms with Crippen molar-refractivity contribution in [2.24, 2.45) is 5.73 Å². The van der Waals surface area contributed by atoms with E-state index in [1.165, 1.54) is 0 Å². The van der Waals surface area contributed by atoms with Gasteiger partial charge < -0.3 is 15.8 Å². The van der Waals surface area contributed by atoms with Gasteiger partial charge in [-0.25, -0.2) is 4.98 Å². The minimum Gasteiger partial charge on any atom is -0.493 e. The second kappa shape index (κ2) is 8.37. The second-order valence-corrected chi connectivity index (χ2v) is 8.20. The summed E-state index contributed by atoms with van der Waals surface area (Å²) in [5, 5.41) is 3.23. The van der Waals surface area contributed by atoms with Crippen LogP contribution in [-0.4, -0.2) is 40.6 Å². The molecule has 1 saturated carbocycles. The van der Waals surface area contributed by atoms with Gasteiger partial charge in [-0.3, -0.25) is 9.69 Å². The van der Waals surface area contributed by atoms with Crippen LogP contribution in [0.3, 0.4) is 0 Å². The second-order valence-electron chi connectivity index (χ2n) is 8.20. The maximum atomic E-state index is 13.6. The number of rotatable bonds is 5. The molecule has 1 aromatic carbocycles. The number of hydrogen-bond donors (Lipinski definition) is 2. The van der Waals surface area contributed by atoms with Gasteiger partial charge in [0, 0.05) is 36.3 Å². The van der Waals surface area contributed by atoms with Crippen molar-refractivity contribution in [3.05, 3.63) is 41.6 Å². The minimum absolute atomic E-state index is 0.0330. The van der Waals surface area contributed by atoms with Gasteiger partial charge in [0.05, 0.1) is 6.61 Å². The van der Waals surface area contributed by atoms with Crippen molar-refractivity contribution >= 4 is 17.7 Å². The Bertz CT molecular complexity index is 877.